The van der Waals surface area contributed by atoms with Crippen molar-refractivity contribution >= 4 is 58.1 Å². The molecule has 0 aromatic heterocycles. The Labute approximate surface area is 202 Å². The lowest BCUT2D eigenvalue weighted by atomic mass is 9.84. The summed E-state index contributed by atoms with van der Waals surface area (Å²) in [7, 11) is 0. The summed E-state index contributed by atoms with van der Waals surface area (Å²) in [6, 6.07) is 11.5. The maximum absolute atomic E-state index is 13.1. The van der Waals surface area contributed by atoms with Crippen LogP contribution in [0.5, 0.6) is 0 Å². The van der Waals surface area contributed by atoms with Crippen LogP contribution in [0.25, 0.3) is 0 Å². The summed E-state index contributed by atoms with van der Waals surface area (Å²) in [4.78, 5) is 24.4. The molecule has 0 bridgehead atoms. The summed E-state index contributed by atoms with van der Waals surface area (Å²) in [5.41, 5.74) is 1.36. The Kier molecular flexibility index (Phi) is 7.38. The SMILES string of the molecule is CC(C)(C)C(CC(=O)O)NC(=O)C1=NN(c2ccc(Cl)cc2Cl)C(c2ccc(Cl)cc2)C1. The molecule has 1 heterocycles. The second kappa shape index (κ2) is 9.69. The molecule has 2 unspecified atom stereocenters. The Morgan fingerprint density at radius 2 is 1.75 bits per heavy atom. The van der Waals surface area contributed by atoms with Gasteiger partial charge >= 0.3 is 5.97 Å². The quantitative estimate of drug-likeness (QED) is 0.517. The van der Waals surface area contributed by atoms with Crippen LogP contribution in [0.15, 0.2) is 47.6 Å². The minimum atomic E-state index is -0.979. The van der Waals surface area contributed by atoms with E-state index < -0.39 is 23.3 Å². The first-order chi connectivity index (χ1) is 15.0. The van der Waals surface area contributed by atoms with Crippen molar-refractivity contribution in [1.82, 2.24) is 5.32 Å². The number of halogens is 3. The fourth-order valence-electron chi connectivity index (χ4n) is 3.47. The van der Waals surface area contributed by atoms with Crippen LogP contribution in [0, 0.1) is 5.41 Å². The number of aliphatic carboxylic acids is 1. The van der Waals surface area contributed by atoms with Crippen molar-refractivity contribution < 1.29 is 14.7 Å². The molecular formula is C23H24Cl3N3O3. The van der Waals surface area contributed by atoms with E-state index in [0.29, 0.717) is 27.2 Å². The van der Waals surface area contributed by atoms with Crippen LogP contribution in [0.4, 0.5) is 5.69 Å². The number of hydrogen-bond donors (Lipinski definition) is 2. The van der Waals surface area contributed by atoms with Crippen molar-refractivity contribution in [2.45, 2.75) is 45.7 Å². The van der Waals surface area contributed by atoms with E-state index in [2.05, 4.69) is 10.4 Å². The van der Waals surface area contributed by atoms with Gasteiger partial charge in [-0.25, -0.2) is 0 Å². The Morgan fingerprint density at radius 3 is 2.31 bits per heavy atom. The molecule has 2 atom stereocenters. The van der Waals surface area contributed by atoms with E-state index in [1.807, 2.05) is 32.9 Å². The molecule has 2 aromatic rings. The number of anilines is 1. The summed E-state index contributed by atoms with van der Waals surface area (Å²) in [6.07, 6.45) is 0.131. The number of nitrogens with zero attached hydrogens (tertiary/aromatic N) is 2. The van der Waals surface area contributed by atoms with Gasteiger partial charge in [0.1, 0.15) is 5.71 Å². The number of rotatable bonds is 6. The van der Waals surface area contributed by atoms with E-state index in [1.165, 1.54) is 0 Å². The highest BCUT2D eigenvalue weighted by Gasteiger charge is 2.36. The van der Waals surface area contributed by atoms with Crippen molar-refractivity contribution in [3.8, 4) is 0 Å². The van der Waals surface area contributed by atoms with Crippen LogP contribution in [0.3, 0.4) is 0 Å². The summed E-state index contributed by atoms with van der Waals surface area (Å²) < 4.78 is 0. The lowest BCUT2D eigenvalue weighted by molar-refractivity contribution is -0.138. The predicted octanol–water partition coefficient (Wildman–Crippen LogP) is 5.96. The van der Waals surface area contributed by atoms with Crippen LogP contribution in [0.2, 0.25) is 15.1 Å². The molecule has 0 aliphatic carbocycles. The number of carboxylic acid groups (broad SMARTS) is 1. The maximum Gasteiger partial charge on any atom is 0.305 e. The van der Waals surface area contributed by atoms with Gasteiger partial charge in [0.05, 0.1) is 23.2 Å². The van der Waals surface area contributed by atoms with Gasteiger partial charge in [0.15, 0.2) is 0 Å². The van der Waals surface area contributed by atoms with Gasteiger partial charge in [-0.05, 0) is 41.3 Å². The Morgan fingerprint density at radius 1 is 1.12 bits per heavy atom. The average Bonchev–Trinajstić information content (AvgIpc) is 3.12. The molecule has 6 nitrogen and oxygen atoms in total. The summed E-state index contributed by atoms with van der Waals surface area (Å²) in [5, 5.41) is 19.9. The van der Waals surface area contributed by atoms with E-state index >= 15 is 0 Å². The third-order valence-electron chi connectivity index (χ3n) is 5.31. The van der Waals surface area contributed by atoms with Crippen molar-refractivity contribution in [2.24, 2.45) is 10.5 Å². The molecule has 0 saturated carbocycles. The number of nitrogens with one attached hydrogen (secondary N) is 1. The largest absolute Gasteiger partial charge is 0.481 e. The number of carbonyl (C=O) groups excluding carboxylic acids is 1. The molecule has 2 N–H and O–H groups in total. The fourth-order valence-corrected chi connectivity index (χ4v) is 4.09. The standard InChI is InChI=1S/C23H24Cl3N3O3/c1-23(2,3)20(12-21(30)31)27-22(32)17-11-19(13-4-6-14(24)7-5-13)29(28-17)18-9-8-15(25)10-16(18)26/h4-10,19-20H,11-12H2,1-3H3,(H,27,32)(H,30,31). The number of hydrazone groups is 1. The molecule has 3 rings (SSSR count). The third kappa shape index (κ3) is 5.74. The van der Waals surface area contributed by atoms with E-state index in [1.54, 1.807) is 35.3 Å². The first kappa shape index (κ1) is 24.4. The van der Waals surface area contributed by atoms with Gasteiger partial charge < -0.3 is 10.4 Å². The van der Waals surface area contributed by atoms with Gasteiger partial charge in [-0.2, -0.15) is 5.10 Å². The Balaban J connectivity index is 1.94. The molecule has 0 saturated heterocycles. The third-order valence-corrected chi connectivity index (χ3v) is 6.10. The smallest absolute Gasteiger partial charge is 0.305 e. The van der Waals surface area contributed by atoms with Crippen molar-refractivity contribution in [1.29, 1.82) is 0 Å². The number of carbonyl (C=O) groups is 2. The fraction of sp³-hybridized carbons (Fsp3) is 0.348. The molecule has 170 valence electrons. The first-order valence-electron chi connectivity index (χ1n) is 10.1. The molecule has 32 heavy (non-hydrogen) atoms. The van der Waals surface area contributed by atoms with Gasteiger partial charge in [-0.15, -0.1) is 0 Å². The molecule has 0 radical (unpaired) electrons. The van der Waals surface area contributed by atoms with Crippen LogP contribution >= 0.6 is 34.8 Å². The highest BCUT2D eigenvalue weighted by Crippen LogP contribution is 2.40. The van der Waals surface area contributed by atoms with Crippen LogP contribution < -0.4 is 10.3 Å². The lowest BCUT2D eigenvalue weighted by Crippen LogP contribution is -2.47. The summed E-state index contributed by atoms with van der Waals surface area (Å²) >= 11 is 18.5. The van der Waals surface area contributed by atoms with Crippen molar-refractivity contribution in [2.75, 3.05) is 5.01 Å². The zero-order chi connectivity index (χ0) is 23.6. The topological polar surface area (TPSA) is 82.0 Å². The molecule has 1 aliphatic heterocycles. The summed E-state index contributed by atoms with van der Waals surface area (Å²) in [6.45, 7) is 5.65. The molecule has 0 fully saturated rings. The van der Waals surface area contributed by atoms with E-state index in [0.717, 1.165) is 5.56 Å². The van der Waals surface area contributed by atoms with E-state index in [4.69, 9.17) is 34.8 Å². The zero-order valence-electron chi connectivity index (χ0n) is 17.9. The highest BCUT2D eigenvalue weighted by molar-refractivity contribution is 6.40. The van der Waals surface area contributed by atoms with Gasteiger partial charge in [-0.1, -0.05) is 67.7 Å². The van der Waals surface area contributed by atoms with E-state index in [-0.39, 0.29) is 18.2 Å². The maximum atomic E-state index is 13.1. The number of carboxylic acids is 1. The number of benzene rings is 2. The molecular weight excluding hydrogens is 473 g/mol. The predicted molar refractivity (Wildman–Crippen MR) is 129 cm³/mol. The molecule has 2 aromatic carbocycles. The van der Waals surface area contributed by atoms with Crippen molar-refractivity contribution in [3.63, 3.8) is 0 Å². The number of amides is 1. The Hall–Kier alpha value is -2.28. The van der Waals surface area contributed by atoms with Gasteiger partial charge in [0.2, 0.25) is 0 Å². The lowest BCUT2D eigenvalue weighted by Gasteiger charge is -2.30. The van der Waals surface area contributed by atoms with Gasteiger partial charge in [-0.3, -0.25) is 14.6 Å². The molecule has 1 amide bonds. The zero-order valence-corrected chi connectivity index (χ0v) is 20.2. The summed E-state index contributed by atoms with van der Waals surface area (Å²) in [5.74, 6) is -1.38. The van der Waals surface area contributed by atoms with Crippen molar-refractivity contribution in [3.05, 3.63) is 63.1 Å². The second-order valence-electron chi connectivity index (χ2n) is 8.75. The van der Waals surface area contributed by atoms with Gasteiger partial charge in [0, 0.05) is 22.5 Å². The normalized spacial score (nSPS) is 17.1. The second-order valence-corrected chi connectivity index (χ2v) is 10.0. The number of hydrogen-bond acceptors (Lipinski definition) is 4. The van der Waals surface area contributed by atoms with Crippen LogP contribution in [-0.4, -0.2) is 28.7 Å². The first-order valence-corrected chi connectivity index (χ1v) is 11.2. The van der Waals surface area contributed by atoms with Gasteiger partial charge in [0.25, 0.3) is 5.91 Å². The minimum Gasteiger partial charge on any atom is -0.481 e. The highest BCUT2D eigenvalue weighted by atomic mass is 35.5. The molecule has 1 aliphatic rings. The minimum absolute atomic E-state index is 0.185. The van der Waals surface area contributed by atoms with Crippen LogP contribution in [0.1, 0.15) is 45.2 Å². The molecule has 9 heteroatoms. The van der Waals surface area contributed by atoms with Crippen LogP contribution in [-0.2, 0) is 9.59 Å². The van der Waals surface area contributed by atoms with E-state index in [9.17, 15) is 14.7 Å². The molecule has 0 spiro atoms. The average molecular weight is 497 g/mol. The Bertz CT molecular complexity index is 1050. The monoisotopic (exact) mass is 495 g/mol.